The van der Waals surface area contributed by atoms with E-state index in [0.29, 0.717) is 17.6 Å². The van der Waals surface area contributed by atoms with Gasteiger partial charge in [-0.25, -0.2) is 8.42 Å². The fraction of sp³-hybridized carbons (Fsp3) is 0.423. The lowest BCUT2D eigenvalue weighted by molar-refractivity contribution is -0.143. The first-order valence-electron chi connectivity index (χ1n) is 12.2. The van der Waals surface area contributed by atoms with Gasteiger partial charge in [0.2, 0.25) is 10.0 Å². The summed E-state index contributed by atoms with van der Waals surface area (Å²) in [6, 6.07) is 12.8. The van der Waals surface area contributed by atoms with Gasteiger partial charge in [0.15, 0.2) is 4.80 Å². The Morgan fingerprint density at radius 2 is 1.78 bits per heavy atom. The van der Waals surface area contributed by atoms with Crippen LogP contribution in [0, 0.1) is 12.8 Å². The number of benzene rings is 2. The van der Waals surface area contributed by atoms with E-state index in [2.05, 4.69) is 18.0 Å². The molecule has 0 unspecified atom stereocenters. The third-order valence-corrected chi connectivity index (χ3v) is 9.37. The summed E-state index contributed by atoms with van der Waals surface area (Å²) in [5, 5.41) is 0. The highest BCUT2D eigenvalue weighted by Gasteiger charge is 2.32. The second-order valence-electron chi connectivity index (χ2n) is 8.87. The van der Waals surface area contributed by atoms with Gasteiger partial charge < -0.3 is 9.30 Å². The summed E-state index contributed by atoms with van der Waals surface area (Å²) in [6.45, 7) is 6.50. The van der Waals surface area contributed by atoms with Gasteiger partial charge in [-0.3, -0.25) is 9.59 Å². The Kier molecular flexibility index (Phi) is 8.07. The number of rotatable bonds is 7. The molecule has 1 aliphatic rings. The summed E-state index contributed by atoms with van der Waals surface area (Å²) in [5.74, 6) is -1.05. The Morgan fingerprint density at radius 1 is 1.08 bits per heavy atom. The van der Waals surface area contributed by atoms with E-state index in [0.717, 1.165) is 27.8 Å². The van der Waals surface area contributed by atoms with Crippen molar-refractivity contribution in [3.05, 3.63) is 58.4 Å². The number of hydrogen-bond donors (Lipinski definition) is 0. The average Bonchev–Trinajstić information content (AvgIpc) is 3.20. The number of carbonyl (C=O) groups is 2. The highest BCUT2D eigenvalue weighted by molar-refractivity contribution is 7.89. The monoisotopic (exact) mass is 529 g/mol. The molecule has 1 aromatic heterocycles. The number of hydrogen-bond acceptors (Lipinski definition) is 6. The third kappa shape index (κ3) is 5.61. The number of thiazole rings is 1. The topological polar surface area (TPSA) is 98.0 Å². The van der Waals surface area contributed by atoms with E-state index in [-0.39, 0.29) is 48.9 Å². The SMILES string of the molecule is CCOC(=O)Cn1c(=NC(=O)C2CCN(S(=O)(=O)c3ccc(C)cc3)CC2)sc2cc(CC)ccc21. The summed E-state index contributed by atoms with van der Waals surface area (Å²) < 4.78 is 35.2. The predicted molar refractivity (Wildman–Crippen MR) is 139 cm³/mol. The van der Waals surface area contributed by atoms with Gasteiger partial charge in [0.1, 0.15) is 6.54 Å². The van der Waals surface area contributed by atoms with Gasteiger partial charge in [-0.2, -0.15) is 9.30 Å². The maximum atomic E-state index is 13.1. The molecule has 1 aliphatic heterocycles. The Bertz CT molecular complexity index is 1430. The van der Waals surface area contributed by atoms with Crippen molar-refractivity contribution in [3.63, 3.8) is 0 Å². The second-order valence-corrected chi connectivity index (χ2v) is 11.8. The van der Waals surface area contributed by atoms with Gasteiger partial charge in [-0.1, -0.05) is 42.0 Å². The largest absolute Gasteiger partial charge is 0.465 e. The van der Waals surface area contributed by atoms with Crippen LogP contribution in [0.1, 0.15) is 37.8 Å². The molecular formula is C26H31N3O5S2. The van der Waals surface area contributed by atoms with Gasteiger partial charge in [0.25, 0.3) is 5.91 Å². The summed E-state index contributed by atoms with van der Waals surface area (Å²) in [4.78, 5) is 30.5. The number of carbonyl (C=O) groups excluding carboxylic acids is 2. The summed E-state index contributed by atoms with van der Waals surface area (Å²) >= 11 is 1.37. The minimum absolute atomic E-state index is 0.0291. The van der Waals surface area contributed by atoms with Crippen molar-refractivity contribution in [2.24, 2.45) is 10.9 Å². The molecule has 0 aliphatic carbocycles. The summed E-state index contributed by atoms with van der Waals surface area (Å²) in [6.07, 6.45) is 1.67. The standard InChI is InChI=1S/C26H31N3O5S2/c1-4-19-8-11-22-23(16-19)35-26(29(22)17-24(30)34-5-2)27-25(31)20-12-14-28(15-13-20)36(32,33)21-9-6-18(3)7-10-21/h6-11,16,20H,4-5,12-15,17H2,1-3H3. The summed E-state index contributed by atoms with van der Waals surface area (Å²) in [7, 11) is -3.60. The molecule has 8 nitrogen and oxygen atoms in total. The molecule has 0 bridgehead atoms. The maximum absolute atomic E-state index is 13.1. The van der Waals surface area contributed by atoms with E-state index >= 15 is 0 Å². The molecule has 0 radical (unpaired) electrons. The minimum Gasteiger partial charge on any atom is -0.465 e. The fourth-order valence-corrected chi connectivity index (χ4v) is 6.87. The number of nitrogens with zero attached hydrogens (tertiary/aromatic N) is 3. The van der Waals surface area contributed by atoms with Crippen LogP contribution in [0.5, 0.6) is 0 Å². The van der Waals surface area contributed by atoms with Gasteiger partial charge in [0.05, 0.1) is 21.7 Å². The van der Waals surface area contributed by atoms with Crippen molar-refractivity contribution in [1.82, 2.24) is 8.87 Å². The van der Waals surface area contributed by atoms with Crippen LogP contribution in [0.15, 0.2) is 52.4 Å². The highest BCUT2D eigenvalue weighted by atomic mass is 32.2. The number of fused-ring (bicyclic) bond motifs is 1. The van der Waals surface area contributed by atoms with Crippen molar-refractivity contribution in [2.45, 2.75) is 51.5 Å². The number of aromatic nitrogens is 1. The molecule has 0 spiro atoms. The molecule has 4 rings (SSSR count). The third-order valence-electron chi connectivity index (χ3n) is 6.42. The fourth-order valence-electron chi connectivity index (χ4n) is 4.30. The lowest BCUT2D eigenvalue weighted by Crippen LogP contribution is -2.40. The molecule has 2 aromatic carbocycles. The van der Waals surface area contributed by atoms with Crippen molar-refractivity contribution in [3.8, 4) is 0 Å². The van der Waals surface area contributed by atoms with Crippen LogP contribution in [0.3, 0.4) is 0 Å². The van der Waals surface area contributed by atoms with E-state index in [1.165, 1.54) is 15.6 Å². The molecule has 3 aromatic rings. The van der Waals surface area contributed by atoms with E-state index in [9.17, 15) is 18.0 Å². The summed E-state index contributed by atoms with van der Waals surface area (Å²) in [5.41, 5.74) is 2.98. The van der Waals surface area contributed by atoms with E-state index in [1.54, 1.807) is 35.8 Å². The van der Waals surface area contributed by atoms with Crippen LogP contribution in [0.2, 0.25) is 0 Å². The van der Waals surface area contributed by atoms with Crippen LogP contribution in [-0.2, 0) is 37.3 Å². The molecule has 0 saturated carbocycles. The molecule has 0 N–H and O–H groups in total. The first-order valence-corrected chi connectivity index (χ1v) is 14.4. The lowest BCUT2D eigenvalue weighted by Gasteiger charge is -2.29. The predicted octanol–water partition coefficient (Wildman–Crippen LogP) is 3.66. The van der Waals surface area contributed by atoms with Crippen molar-refractivity contribution in [1.29, 1.82) is 0 Å². The van der Waals surface area contributed by atoms with Crippen LogP contribution < -0.4 is 4.80 Å². The van der Waals surface area contributed by atoms with Crippen LogP contribution in [0.4, 0.5) is 0 Å². The highest BCUT2D eigenvalue weighted by Crippen LogP contribution is 2.25. The Labute approximate surface area is 215 Å². The quantitative estimate of drug-likeness (QED) is 0.435. The van der Waals surface area contributed by atoms with Crippen LogP contribution >= 0.6 is 11.3 Å². The van der Waals surface area contributed by atoms with Crippen LogP contribution in [-0.4, -0.2) is 48.9 Å². The molecular weight excluding hydrogens is 498 g/mol. The Morgan fingerprint density at radius 3 is 2.42 bits per heavy atom. The Balaban J connectivity index is 1.55. The van der Waals surface area contributed by atoms with Crippen molar-refractivity contribution < 1.29 is 22.7 Å². The van der Waals surface area contributed by atoms with E-state index < -0.39 is 10.0 Å². The lowest BCUT2D eigenvalue weighted by atomic mass is 9.98. The number of amides is 1. The minimum atomic E-state index is -3.60. The molecule has 1 saturated heterocycles. The van der Waals surface area contributed by atoms with Gasteiger partial charge in [-0.05, 0) is 62.9 Å². The molecule has 10 heteroatoms. The number of piperidine rings is 1. The molecule has 192 valence electrons. The first-order chi connectivity index (χ1) is 17.2. The number of sulfonamides is 1. The van der Waals surface area contributed by atoms with E-state index in [1.807, 2.05) is 19.1 Å². The zero-order valence-corrected chi connectivity index (χ0v) is 22.4. The number of aryl methyl sites for hydroxylation is 2. The molecule has 1 amide bonds. The van der Waals surface area contributed by atoms with Gasteiger partial charge in [0, 0.05) is 19.0 Å². The molecule has 0 atom stereocenters. The van der Waals surface area contributed by atoms with Gasteiger partial charge in [-0.15, -0.1) is 0 Å². The van der Waals surface area contributed by atoms with Crippen LogP contribution in [0.25, 0.3) is 10.2 Å². The zero-order chi connectivity index (χ0) is 25.9. The smallest absolute Gasteiger partial charge is 0.326 e. The average molecular weight is 530 g/mol. The van der Waals surface area contributed by atoms with Gasteiger partial charge >= 0.3 is 5.97 Å². The number of esters is 1. The Hall–Kier alpha value is -2.82. The number of ether oxygens (including phenoxy) is 1. The van der Waals surface area contributed by atoms with Crippen molar-refractivity contribution in [2.75, 3.05) is 19.7 Å². The normalized spacial score (nSPS) is 15.9. The second kappa shape index (κ2) is 11.1. The zero-order valence-electron chi connectivity index (χ0n) is 20.8. The molecule has 2 heterocycles. The maximum Gasteiger partial charge on any atom is 0.326 e. The van der Waals surface area contributed by atoms with E-state index in [4.69, 9.17) is 4.74 Å². The molecule has 1 fully saturated rings. The first kappa shape index (κ1) is 26.2. The van der Waals surface area contributed by atoms with Crippen molar-refractivity contribution >= 4 is 43.5 Å². The molecule has 36 heavy (non-hydrogen) atoms.